The molecule has 0 aliphatic heterocycles. The van der Waals surface area contributed by atoms with E-state index >= 15 is 0 Å². The monoisotopic (exact) mass is 464 g/mol. The molecule has 32 heavy (non-hydrogen) atoms. The molecule has 174 valence electrons. The summed E-state index contributed by atoms with van der Waals surface area (Å²) in [5.41, 5.74) is 1.73. The van der Waals surface area contributed by atoms with Gasteiger partial charge in [-0.05, 0) is 37.1 Å². The SMILES string of the molecule is CCN(CC)S(=O)(=O)c1ccc(F)c(C(=O)OCCNC(=O)CCc2ccc(C)cc2)c1. The third-order valence-electron chi connectivity index (χ3n) is 4.92. The minimum atomic E-state index is -3.84. The average Bonchev–Trinajstić information content (AvgIpc) is 2.77. The number of hydrogen-bond acceptors (Lipinski definition) is 5. The lowest BCUT2D eigenvalue weighted by Crippen LogP contribution is -2.31. The molecule has 0 saturated heterocycles. The Bertz CT molecular complexity index is 1030. The van der Waals surface area contributed by atoms with Gasteiger partial charge in [-0.3, -0.25) is 4.79 Å². The normalized spacial score (nSPS) is 11.4. The molecule has 0 atom stereocenters. The molecule has 1 N–H and O–H groups in total. The van der Waals surface area contributed by atoms with Gasteiger partial charge in [-0.1, -0.05) is 43.7 Å². The number of carbonyl (C=O) groups excluding carboxylic acids is 2. The van der Waals surface area contributed by atoms with E-state index in [0.717, 1.165) is 29.3 Å². The number of halogens is 1. The second-order valence-electron chi connectivity index (χ2n) is 7.20. The van der Waals surface area contributed by atoms with Crippen LogP contribution in [0.4, 0.5) is 4.39 Å². The van der Waals surface area contributed by atoms with Crippen LogP contribution in [0.2, 0.25) is 0 Å². The molecule has 0 aliphatic rings. The maximum Gasteiger partial charge on any atom is 0.341 e. The summed E-state index contributed by atoms with van der Waals surface area (Å²) in [5.74, 6) is -2.07. The number of sulfonamides is 1. The first-order chi connectivity index (χ1) is 15.2. The number of nitrogens with one attached hydrogen (secondary N) is 1. The molecule has 0 unspecified atom stereocenters. The number of hydrogen-bond donors (Lipinski definition) is 1. The molecule has 7 nitrogen and oxygen atoms in total. The highest BCUT2D eigenvalue weighted by Crippen LogP contribution is 2.20. The molecule has 0 heterocycles. The van der Waals surface area contributed by atoms with Crippen molar-refractivity contribution in [3.63, 3.8) is 0 Å². The smallest absolute Gasteiger partial charge is 0.341 e. The average molecular weight is 465 g/mol. The van der Waals surface area contributed by atoms with Gasteiger partial charge in [-0.2, -0.15) is 4.31 Å². The first-order valence-corrected chi connectivity index (χ1v) is 11.9. The van der Waals surface area contributed by atoms with Gasteiger partial charge in [0.1, 0.15) is 12.4 Å². The Morgan fingerprint density at radius 3 is 2.34 bits per heavy atom. The third-order valence-corrected chi connectivity index (χ3v) is 6.97. The van der Waals surface area contributed by atoms with Crippen molar-refractivity contribution in [2.24, 2.45) is 0 Å². The summed E-state index contributed by atoms with van der Waals surface area (Å²) in [6, 6.07) is 10.9. The van der Waals surface area contributed by atoms with E-state index < -0.39 is 27.4 Å². The fourth-order valence-electron chi connectivity index (χ4n) is 3.05. The maximum atomic E-state index is 14.1. The molecule has 0 saturated carbocycles. The summed E-state index contributed by atoms with van der Waals surface area (Å²) < 4.78 is 45.5. The molecule has 0 fully saturated rings. The first kappa shape index (κ1) is 25.5. The predicted molar refractivity (Wildman–Crippen MR) is 119 cm³/mol. The molecule has 0 bridgehead atoms. The summed E-state index contributed by atoms with van der Waals surface area (Å²) in [4.78, 5) is 24.0. The van der Waals surface area contributed by atoms with Gasteiger partial charge < -0.3 is 10.1 Å². The number of ether oxygens (including phenoxy) is 1. The van der Waals surface area contributed by atoms with Crippen molar-refractivity contribution >= 4 is 21.9 Å². The van der Waals surface area contributed by atoms with Gasteiger partial charge >= 0.3 is 5.97 Å². The van der Waals surface area contributed by atoms with E-state index in [2.05, 4.69) is 5.32 Å². The van der Waals surface area contributed by atoms with Crippen LogP contribution in [0.1, 0.15) is 41.8 Å². The van der Waals surface area contributed by atoms with E-state index in [1.165, 1.54) is 4.31 Å². The van der Waals surface area contributed by atoms with E-state index in [1.54, 1.807) is 13.8 Å². The van der Waals surface area contributed by atoms with Crippen molar-refractivity contribution in [1.29, 1.82) is 0 Å². The number of carbonyl (C=O) groups is 2. The molecule has 9 heteroatoms. The first-order valence-electron chi connectivity index (χ1n) is 10.5. The Morgan fingerprint density at radius 1 is 1.06 bits per heavy atom. The van der Waals surface area contributed by atoms with Crippen LogP contribution in [0, 0.1) is 12.7 Å². The zero-order chi connectivity index (χ0) is 23.7. The van der Waals surface area contributed by atoms with Gasteiger partial charge in [0.2, 0.25) is 15.9 Å². The highest BCUT2D eigenvalue weighted by atomic mass is 32.2. The van der Waals surface area contributed by atoms with E-state index in [4.69, 9.17) is 4.74 Å². The van der Waals surface area contributed by atoms with Gasteiger partial charge in [0.05, 0.1) is 17.0 Å². The lowest BCUT2D eigenvalue weighted by atomic mass is 10.1. The predicted octanol–water partition coefficient (Wildman–Crippen LogP) is 3.07. The fraction of sp³-hybridized carbons (Fsp3) is 0.391. The summed E-state index contributed by atoms with van der Waals surface area (Å²) in [5, 5.41) is 2.64. The van der Waals surface area contributed by atoms with Gasteiger partial charge in [-0.15, -0.1) is 0 Å². The van der Waals surface area contributed by atoms with Crippen molar-refractivity contribution in [1.82, 2.24) is 9.62 Å². The van der Waals surface area contributed by atoms with Crippen LogP contribution in [0.15, 0.2) is 47.4 Å². The Labute approximate surface area is 188 Å². The molecule has 2 aromatic carbocycles. The van der Waals surface area contributed by atoms with Crippen LogP contribution in [-0.4, -0.2) is 50.8 Å². The van der Waals surface area contributed by atoms with Crippen molar-refractivity contribution in [3.05, 3.63) is 65.0 Å². The summed E-state index contributed by atoms with van der Waals surface area (Å²) in [6.45, 7) is 5.77. The number of benzene rings is 2. The highest BCUT2D eigenvalue weighted by molar-refractivity contribution is 7.89. The van der Waals surface area contributed by atoms with Crippen LogP contribution in [0.25, 0.3) is 0 Å². The van der Waals surface area contributed by atoms with Crippen molar-refractivity contribution in [3.8, 4) is 0 Å². The zero-order valence-corrected chi connectivity index (χ0v) is 19.4. The van der Waals surface area contributed by atoms with Crippen LogP contribution in [-0.2, 0) is 26.0 Å². The second-order valence-corrected chi connectivity index (χ2v) is 9.14. The second kappa shape index (κ2) is 11.7. The Morgan fingerprint density at radius 2 is 1.72 bits per heavy atom. The van der Waals surface area contributed by atoms with Crippen molar-refractivity contribution in [2.45, 2.75) is 38.5 Å². The molecule has 0 aliphatic carbocycles. The van der Waals surface area contributed by atoms with Gasteiger partial charge in [0.15, 0.2) is 0 Å². The number of esters is 1. The minimum Gasteiger partial charge on any atom is -0.460 e. The molecule has 2 rings (SSSR count). The van der Waals surface area contributed by atoms with E-state index in [0.29, 0.717) is 6.42 Å². The number of nitrogens with zero attached hydrogens (tertiary/aromatic N) is 1. The summed E-state index contributed by atoms with van der Waals surface area (Å²) in [7, 11) is -3.84. The highest BCUT2D eigenvalue weighted by Gasteiger charge is 2.24. The maximum absolute atomic E-state index is 14.1. The summed E-state index contributed by atoms with van der Waals surface area (Å²) >= 11 is 0. The molecular weight excluding hydrogens is 435 g/mol. The number of rotatable bonds is 11. The molecule has 1 amide bonds. The standard InChI is InChI=1S/C23H29FN2O5S/c1-4-26(5-2)32(29,30)19-11-12-21(24)20(16-19)23(28)31-15-14-25-22(27)13-10-18-8-6-17(3)7-9-18/h6-9,11-12,16H,4-5,10,13-15H2,1-3H3,(H,25,27). The third kappa shape index (κ3) is 6.86. The molecule has 0 spiro atoms. The Kier molecular flexibility index (Phi) is 9.34. The summed E-state index contributed by atoms with van der Waals surface area (Å²) in [6.07, 6.45) is 0.877. The number of aryl methyl sites for hydroxylation is 2. The minimum absolute atomic E-state index is 0.0670. The van der Waals surface area contributed by atoms with Crippen LogP contribution in [0.3, 0.4) is 0 Å². The van der Waals surface area contributed by atoms with Crippen molar-refractivity contribution in [2.75, 3.05) is 26.2 Å². The van der Waals surface area contributed by atoms with Crippen LogP contribution >= 0.6 is 0 Å². The lowest BCUT2D eigenvalue weighted by Gasteiger charge is -2.18. The number of amides is 1. The quantitative estimate of drug-likeness (QED) is 0.408. The van der Waals surface area contributed by atoms with Crippen LogP contribution < -0.4 is 5.32 Å². The van der Waals surface area contributed by atoms with Gasteiger partial charge in [-0.25, -0.2) is 17.6 Å². The van der Waals surface area contributed by atoms with Crippen molar-refractivity contribution < 1.29 is 27.1 Å². The molecular formula is C23H29FN2O5S. The molecule has 0 aromatic heterocycles. The molecule has 2 aromatic rings. The Hall–Kier alpha value is -2.78. The fourth-order valence-corrected chi connectivity index (χ4v) is 4.53. The topological polar surface area (TPSA) is 92.8 Å². The molecule has 0 radical (unpaired) electrons. The Balaban J connectivity index is 1.87. The van der Waals surface area contributed by atoms with E-state index in [9.17, 15) is 22.4 Å². The van der Waals surface area contributed by atoms with E-state index in [-0.39, 0.29) is 43.5 Å². The zero-order valence-electron chi connectivity index (χ0n) is 18.6. The lowest BCUT2D eigenvalue weighted by molar-refractivity contribution is -0.121. The van der Waals surface area contributed by atoms with Gasteiger partial charge in [0.25, 0.3) is 0 Å². The van der Waals surface area contributed by atoms with Crippen LogP contribution in [0.5, 0.6) is 0 Å². The van der Waals surface area contributed by atoms with E-state index in [1.807, 2.05) is 31.2 Å². The largest absolute Gasteiger partial charge is 0.460 e. The van der Waals surface area contributed by atoms with Gasteiger partial charge in [0, 0.05) is 19.5 Å².